The lowest BCUT2D eigenvalue weighted by molar-refractivity contribution is 0.0695. The van der Waals surface area contributed by atoms with E-state index in [0.29, 0.717) is 15.7 Å². The second-order valence-corrected chi connectivity index (χ2v) is 5.52. The van der Waals surface area contributed by atoms with E-state index >= 15 is 0 Å². The predicted molar refractivity (Wildman–Crippen MR) is 79.1 cm³/mol. The summed E-state index contributed by atoms with van der Waals surface area (Å²) in [5, 5.41) is 9.32. The monoisotopic (exact) mass is 348 g/mol. The van der Waals surface area contributed by atoms with Gasteiger partial charge >= 0.3 is 5.97 Å². The molecule has 6 heteroatoms. The third kappa shape index (κ3) is 2.54. The highest BCUT2D eigenvalue weighted by Gasteiger charge is 2.16. The highest BCUT2D eigenvalue weighted by Crippen LogP contribution is 2.21. The number of carbonyl (C=O) groups is 1. The summed E-state index contributed by atoms with van der Waals surface area (Å²) in [5.41, 5.74) is 1.84. The number of benzene rings is 1. The minimum Gasteiger partial charge on any atom is -0.478 e. The molecule has 1 aromatic carbocycles. The summed E-state index contributed by atoms with van der Waals surface area (Å²) in [6.07, 6.45) is 3.34. The zero-order valence-electron chi connectivity index (χ0n) is 10.8. The van der Waals surface area contributed by atoms with Crippen LogP contribution in [-0.4, -0.2) is 20.5 Å². The van der Waals surface area contributed by atoms with Gasteiger partial charge in [0.25, 0.3) is 0 Å². The van der Waals surface area contributed by atoms with Crippen LogP contribution in [0.2, 0.25) is 0 Å². The first-order chi connectivity index (χ1) is 10.1. The Morgan fingerprint density at radius 1 is 1.33 bits per heavy atom. The lowest BCUT2D eigenvalue weighted by Gasteiger charge is -2.10. The van der Waals surface area contributed by atoms with Crippen LogP contribution in [-0.2, 0) is 6.42 Å². The first-order valence-electron chi connectivity index (χ1n) is 6.17. The van der Waals surface area contributed by atoms with E-state index in [9.17, 15) is 14.3 Å². The SMILES string of the molecule is O=C(O)c1ccc2cncn2c1Cc1ccc(Br)cc1F. The number of fused-ring (bicyclic) bond motifs is 1. The van der Waals surface area contributed by atoms with Gasteiger partial charge in [-0.15, -0.1) is 0 Å². The second-order valence-electron chi connectivity index (χ2n) is 4.60. The summed E-state index contributed by atoms with van der Waals surface area (Å²) in [7, 11) is 0. The van der Waals surface area contributed by atoms with Crippen LogP contribution < -0.4 is 0 Å². The normalized spacial score (nSPS) is 11.0. The van der Waals surface area contributed by atoms with Gasteiger partial charge in [0.15, 0.2) is 0 Å². The largest absolute Gasteiger partial charge is 0.478 e. The highest BCUT2D eigenvalue weighted by molar-refractivity contribution is 9.10. The molecule has 0 aliphatic carbocycles. The molecule has 0 fully saturated rings. The minimum absolute atomic E-state index is 0.141. The number of nitrogens with zero attached hydrogens (tertiary/aromatic N) is 2. The molecule has 2 heterocycles. The molecule has 0 spiro atoms. The maximum absolute atomic E-state index is 14.0. The van der Waals surface area contributed by atoms with Crippen molar-refractivity contribution in [3.63, 3.8) is 0 Å². The molecular formula is C15H10BrFN2O2. The topological polar surface area (TPSA) is 54.6 Å². The van der Waals surface area contributed by atoms with Crippen molar-refractivity contribution in [2.24, 2.45) is 0 Å². The number of pyridine rings is 1. The fraction of sp³-hybridized carbons (Fsp3) is 0.0667. The van der Waals surface area contributed by atoms with Crippen LogP contribution in [0.5, 0.6) is 0 Å². The number of halogens is 2. The van der Waals surface area contributed by atoms with Crippen LogP contribution in [0.3, 0.4) is 0 Å². The molecule has 0 bridgehead atoms. The Morgan fingerprint density at radius 3 is 2.86 bits per heavy atom. The first-order valence-corrected chi connectivity index (χ1v) is 6.97. The summed E-state index contributed by atoms with van der Waals surface area (Å²) in [4.78, 5) is 15.4. The van der Waals surface area contributed by atoms with Crippen molar-refractivity contribution in [2.75, 3.05) is 0 Å². The van der Waals surface area contributed by atoms with Gasteiger partial charge in [-0.25, -0.2) is 14.2 Å². The fourth-order valence-corrected chi connectivity index (χ4v) is 2.60. The molecular weight excluding hydrogens is 339 g/mol. The third-order valence-corrected chi connectivity index (χ3v) is 3.79. The van der Waals surface area contributed by atoms with E-state index in [4.69, 9.17) is 0 Å². The molecule has 2 aromatic heterocycles. The van der Waals surface area contributed by atoms with Crippen LogP contribution in [0.15, 0.2) is 47.3 Å². The van der Waals surface area contributed by atoms with Crippen molar-refractivity contribution in [3.8, 4) is 0 Å². The number of hydrogen-bond donors (Lipinski definition) is 1. The number of carboxylic acids is 1. The molecule has 21 heavy (non-hydrogen) atoms. The van der Waals surface area contributed by atoms with Crippen molar-refractivity contribution >= 4 is 27.4 Å². The van der Waals surface area contributed by atoms with Crippen LogP contribution in [0.25, 0.3) is 5.52 Å². The molecule has 0 radical (unpaired) electrons. The average molecular weight is 349 g/mol. The minimum atomic E-state index is -1.04. The average Bonchev–Trinajstić information content (AvgIpc) is 2.90. The van der Waals surface area contributed by atoms with Crippen molar-refractivity contribution in [1.29, 1.82) is 0 Å². The Hall–Kier alpha value is -2.21. The molecule has 1 N–H and O–H groups in total. The summed E-state index contributed by atoms with van der Waals surface area (Å²) in [5.74, 6) is -1.42. The van der Waals surface area contributed by atoms with Gasteiger partial charge in [0.1, 0.15) is 5.82 Å². The van der Waals surface area contributed by atoms with Gasteiger partial charge < -0.3 is 9.51 Å². The van der Waals surface area contributed by atoms with Crippen LogP contribution >= 0.6 is 15.9 Å². The molecule has 3 rings (SSSR count). The summed E-state index contributed by atoms with van der Waals surface area (Å²) < 4.78 is 16.3. The molecule has 0 saturated heterocycles. The van der Waals surface area contributed by atoms with Gasteiger partial charge in [-0.3, -0.25) is 0 Å². The maximum Gasteiger partial charge on any atom is 0.337 e. The molecule has 0 atom stereocenters. The second kappa shape index (κ2) is 5.29. The molecule has 0 aliphatic rings. The van der Waals surface area contributed by atoms with E-state index < -0.39 is 5.97 Å². The van der Waals surface area contributed by atoms with Gasteiger partial charge in [-0.05, 0) is 29.8 Å². The Kier molecular flexibility index (Phi) is 3.47. The molecule has 0 aliphatic heterocycles. The number of aromatic carboxylic acids is 1. The van der Waals surface area contributed by atoms with Crippen molar-refractivity contribution in [3.05, 3.63) is 70.0 Å². The fourth-order valence-electron chi connectivity index (χ4n) is 2.27. The van der Waals surface area contributed by atoms with E-state index in [-0.39, 0.29) is 17.8 Å². The number of imidazole rings is 1. The van der Waals surface area contributed by atoms with Crippen LogP contribution in [0.1, 0.15) is 21.6 Å². The Labute approximate surface area is 128 Å². The van der Waals surface area contributed by atoms with Gasteiger partial charge in [-0.1, -0.05) is 22.0 Å². The van der Waals surface area contributed by atoms with E-state index in [1.807, 2.05) is 0 Å². The lowest BCUT2D eigenvalue weighted by Crippen LogP contribution is -2.09. The lowest BCUT2D eigenvalue weighted by atomic mass is 10.0. The van der Waals surface area contributed by atoms with Crippen LogP contribution in [0.4, 0.5) is 4.39 Å². The Morgan fingerprint density at radius 2 is 2.14 bits per heavy atom. The van der Waals surface area contributed by atoms with Crippen molar-refractivity contribution < 1.29 is 14.3 Å². The quantitative estimate of drug-likeness (QED) is 0.787. The standard InChI is InChI=1S/C15H10BrFN2O2/c16-10-2-1-9(13(17)6-10)5-14-12(15(20)21)4-3-11-7-18-8-19(11)14/h1-4,6-8H,5H2,(H,20,21). The predicted octanol–water partition coefficient (Wildman–Crippen LogP) is 3.52. The van der Waals surface area contributed by atoms with E-state index in [1.165, 1.54) is 18.5 Å². The summed E-state index contributed by atoms with van der Waals surface area (Å²) in [6, 6.07) is 7.93. The van der Waals surface area contributed by atoms with E-state index in [2.05, 4.69) is 20.9 Å². The van der Waals surface area contributed by atoms with Gasteiger partial charge in [0.2, 0.25) is 0 Å². The van der Waals surface area contributed by atoms with Crippen molar-refractivity contribution in [1.82, 2.24) is 9.38 Å². The molecule has 0 amide bonds. The zero-order valence-corrected chi connectivity index (χ0v) is 12.3. The molecule has 4 nitrogen and oxygen atoms in total. The Bertz CT molecular complexity index is 845. The number of aromatic nitrogens is 2. The number of carboxylic acid groups (broad SMARTS) is 1. The van der Waals surface area contributed by atoms with E-state index in [0.717, 1.165) is 5.52 Å². The summed E-state index contributed by atoms with van der Waals surface area (Å²) in [6.45, 7) is 0. The maximum atomic E-state index is 14.0. The number of hydrogen-bond acceptors (Lipinski definition) is 2. The third-order valence-electron chi connectivity index (χ3n) is 3.29. The molecule has 106 valence electrons. The Balaban J connectivity index is 2.16. The first kappa shape index (κ1) is 13.8. The van der Waals surface area contributed by atoms with Gasteiger partial charge in [-0.2, -0.15) is 0 Å². The smallest absolute Gasteiger partial charge is 0.337 e. The highest BCUT2D eigenvalue weighted by atomic mass is 79.9. The molecule has 0 unspecified atom stereocenters. The molecule has 3 aromatic rings. The van der Waals surface area contributed by atoms with Gasteiger partial charge in [0, 0.05) is 16.6 Å². The van der Waals surface area contributed by atoms with Crippen molar-refractivity contribution in [2.45, 2.75) is 6.42 Å². The van der Waals surface area contributed by atoms with Gasteiger partial charge in [0.05, 0.1) is 23.6 Å². The summed E-state index contributed by atoms with van der Waals surface area (Å²) >= 11 is 3.20. The molecule has 0 saturated carbocycles. The zero-order chi connectivity index (χ0) is 15.0. The van der Waals surface area contributed by atoms with Crippen LogP contribution in [0, 0.1) is 5.82 Å². The number of rotatable bonds is 3. The van der Waals surface area contributed by atoms with E-state index in [1.54, 1.807) is 28.8 Å².